The topological polar surface area (TPSA) is 24.8 Å². The van der Waals surface area contributed by atoms with E-state index in [1.54, 1.807) is 7.05 Å². The Morgan fingerprint density at radius 2 is 1.77 bits per heavy atom. The predicted octanol–water partition coefficient (Wildman–Crippen LogP) is 5.44. The molecule has 0 amide bonds. The standard InChI is InChI=1S/C23H32N2O/c1-15(2)21-13-25(17(4)24-5)16(3)6-22(21)26-14-23-10-18-7-19(11-23)9-20(8-18)12-23/h6,13,18-20H,1,3,7-12,14H2,2,4-5H3. The summed E-state index contributed by atoms with van der Waals surface area (Å²) in [5, 5.41) is 0. The third-order valence-corrected chi connectivity index (χ3v) is 6.96. The summed E-state index contributed by atoms with van der Waals surface area (Å²) in [6.45, 7) is 13.2. The second kappa shape index (κ2) is 6.44. The maximum Gasteiger partial charge on any atom is 0.130 e. The first-order chi connectivity index (χ1) is 12.4. The molecule has 5 aliphatic rings. The average Bonchev–Trinajstić information content (AvgIpc) is 2.58. The Morgan fingerprint density at radius 3 is 2.27 bits per heavy atom. The second-order valence-electron chi connectivity index (χ2n) is 9.17. The fraction of sp³-hybridized carbons (Fsp3) is 0.609. The van der Waals surface area contributed by atoms with Crippen LogP contribution in [0.5, 0.6) is 0 Å². The Bertz CT molecular complexity index is 689. The van der Waals surface area contributed by atoms with E-state index in [9.17, 15) is 0 Å². The van der Waals surface area contributed by atoms with Crippen LogP contribution in [0.15, 0.2) is 53.0 Å². The fourth-order valence-corrected chi connectivity index (χ4v) is 6.12. The number of nitrogens with zero attached hydrogens (tertiary/aromatic N) is 2. The van der Waals surface area contributed by atoms with Gasteiger partial charge >= 0.3 is 0 Å². The van der Waals surface area contributed by atoms with Crippen LogP contribution in [-0.4, -0.2) is 24.4 Å². The van der Waals surface area contributed by atoms with E-state index in [0.29, 0.717) is 5.41 Å². The quantitative estimate of drug-likeness (QED) is 0.497. The first-order valence-corrected chi connectivity index (χ1v) is 10.0. The first-order valence-electron chi connectivity index (χ1n) is 10.0. The molecule has 3 nitrogen and oxygen atoms in total. The van der Waals surface area contributed by atoms with Crippen LogP contribution in [0.3, 0.4) is 0 Å². The zero-order chi connectivity index (χ0) is 18.5. The molecule has 0 radical (unpaired) electrons. The molecule has 4 saturated carbocycles. The minimum Gasteiger partial charge on any atom is -0.492 e. The molecule has 5 rings (SSSR count). The van der Waals surface area contributed by atoms with Gasteiger partial charge in [0.15, 0.2) is 0 Å². The molecule has 0 saturated heterocycles. The van der Waals surface area contributed by atoms with Crippen LogP contribution in [0.4, 0.5) is 0 Å². The molecule has 4 bridgehead atoms. The maximum absolute atomic E-state index is 6.48. The molecule has 4 aliphatic carbocycles. The highest BCUT2D eigenvalue weighted by molar-refractivity contribution is 5.83. The molecule has 0 unspecified atom stereocenters. The molecule has 3 heteroatoms. The third-order valence-electron chi connectivity index (χ3n) is 6.96. The van der Waals surface area contributed by atoms with Crippen molar-refractivity contribution >= 4 is 5.84 Å². The third kappa shape index (κ3) is 3.06. The summed E-state index contributed by atoms with van der Waals surface area (Å²) >= 11 is 0. The van der Waals surface area contributed by atoms with Crippen molar-refractivity contribution in [3.8, 4) is 0 Å². The smallest absolute Gasteiger partial charge is 0.130 e. The SMILES string of the molecule is C=C(C)C1=CN(C(C)=NC)C(=C)C=C1OCC12CC3CC(CC(C3)C1)C2. The molecule has 0 aromatic carbocycles. The van der Waals surface area contributed by atoms with Gasteiger partial charge in [-0.15, -0.1) is 0 Å². The van der Waals surface area contributed by atoms with E-state index < -0.39 is 0 Å². The summed E-state index contributed by atoms with van der Waals surface area (Å²) in [5.74, 6) is 4.71. The molecule has 0 aromatic heterocycles. The lowest BCUT2D eigenvalue weighted by Crippen LogP contribution is -2.48. The molecule has 140 valence electrons. The Labute approximate surface area is 158 Å². The lowest BCUT2D eigenvalue weighted by Gasteiger charge is -2.56. The van der Waals surface area contributed by atoms with Crippen molar-refractivity contribution in [1.82, 2.24) is 4.90 Å². The Hall–Kier alpha value is -1.77. The summed E-state index contributed by atoms with van der Waals surface area (Å²) in [6.07, 6.45) is 12.6. The van der Waals surface area contributed by atoms with Crippen molar-refractivity contribution in [1.29, 1.82) is 0 Å². The lowest BCUT2D eigenvalue weighted by atomic mass is 9.50. The van der Waals surface area contributed by atoms with E-state index in [4.69, 9.17) is 4.74 Å². The Kier molecular flexibility index (Phi) is 4.37. The van der Waals surface area contributed by atoms with Gasteiger partial charge in [0.1, 0.15) is 11.6 Å². The van der Waals surface area contributed by atoms with Gasteiger partial charge in [-0.2, -0.15) is 0 Å². The van der Waals surface area contributed by atoms with E-state index in [1.165, 1.54) is 38.5 Å². The van der Waals surface area contributed by atoms with Crippen LogP contribution in [0.25, 0.3) is 0 Å². The van der Waals surface area contributed by atoms with E-state index in [2.05, 4.69) is 30.4 Å². The molecular weight excluding hydrogens is 320 g/mol. The van der Waals surface area contributed by atoms with Crippen LogP contribution in [-0.2, 0) is 4.74 Å². The average molecular weight is 353 g/mol. The van der Waals surface area contributed by atoms with Crippen molar-refractivity contribution in [2.75, 3.05) is 13.7 Å². The molecule has 0 atom stereocenters. The number of rotatable bonds is 4. The predicted molar refractivity (Wildman–Crippen MR) is 108 cm³/mol. The number of hydrogen-bond acceptors (Lipinski definition) is 2. The van der Waals surface area contributed by atoms with Crippen LogP contribution in [0, 0.1) is 23.2 Å². The zero-order valence-electron chi connectivity index (χ0n) is 16.6. The molecular formula is C23H32N2O. The molecule has 26 heavy (non-hydrogen) atoms. The zero-order valence-corrected chi connectivity index (χ0v) is 16.6. The van der Waals surface area contributed by atoms with Crippen LogP contribution in [0.1, 0.15) is 52.4 Å². The van der Waals surface area contributed by atoms with Crippen molar-refractivity contribution in [2.24, 2.45) is 28.2 Å². The second-order valence-corrected chi connectivity index (χ2v) is 9.17. The van der Waals surface area contributed by atoms with E-state index in [0.717, 1.165) is 52.8 Å². The normalized spacial score (nSPS) is 36.1. The summed E-state index contributed by atoms with van der Waals surface area (Å²) in [5.41, 5.74) is 3.39. The van der Waals surface area contributed by atoms with E-state index in [1.807, 2.05) is 18.7 Å². The summed E-state index contributed by atoms with van der Waals surface area (Å²) in [4.78, 5) is 6.31. The van der Waals surface area contributed by atoms with Gasteiger partial charge in [-0.05, 0) is 75.7 Å². The first kappa shape index (κ1) is 17.6. The number of amidine groups is 1. The molecule has 0 N–H and O–H groups in total. The summed E-state index contributed by atoms with van der Waals surface area (Å²) in [6, 6.07) is 0. The molecule has 0 aromatic rings. The van der Waals surface area contributed by atoms with Gasteiger partial charge in [0.25, 0.3) is 0 Å². The molecule has 0 spiro atoms. The van der Waals surface area contributed by atoms with Crippen LogP contribution >= 0.6 is 0 Å². The van der Waals surface area contributed by atoms with E-state index in [-0.39, 0.29) is 0 Å². The van der Waals surface area contributed by atoms with Crippen molar-refractivity contribution in [3.63, 3.8) is 0 Å². The highest BCUT2D eigenvalue weighted by Gasteiger charge is 2.51. The minimum absolute atomic E-state index is 0.412. The minimum atomic E-state index is 0.412. The molecule has 1 aliphatic heterocycles. The molecule has 1 heterocycles. The van der Waals surface area contributed by atoms with Gasteiger partial charge in [-0.1, -0.05) is 13.2 Å². The number of hydrogen-bond donors (Lipinski definition) is 0. The van der Waals surface area contributed by atoms with Crippen molar-refractivity contribution in [2.45, 2.75) is 52.4 Å². The van der Waals surface area contributed by atoms with Crippen molar-refractivity contribution in [3.05, 3.63) is 48.0 Å². The molecule has 4 fully saturated rings. The van der Waals surface area contributed by atoms with Gasteiger partial charge in [0, 0.05) is 36.0 Å². The maximum atomic E-state index is 6.48. The monoisotopic (exact) mass is 352 g/mol. The van der Waals surface area contributed by atoms with Gasteiger partial charge in [-0.25, -0.2) is 0 Å². The van der Waals surface area contributed by atoms with Gasteiger partial charge in [-0.3, -0.25) is 4.99 Å². The van der Waals surface area contributed by atoms with Crippen LogP contribution in [0.2, 0.25) is 0 Å². The van der Waals surface area contributed by atoms with Crippen molar-refractivity contribution < 1.29 is 4.74 Å². The number of ether oxygens (including phenoxy) is 1. The van der Waals surface area contributed by atoms with Gasteiger partial charge in [0.05, 0.1) is 6.61 Å². The van der Waals surface area contributed by atoms with E-state index >= 15 is 0 Å². The number of aliphatic imine (C=N–C) groups is 1. The highest BCUT2D eigenvalue weighted by atomic mass is 16.5. The highest BCUT2D eigenvalue weighted by Crippen LogP contribution is 2.60. The van der Waals surface area contributed by atoms with Gasteiger partial charge in [0.2, 0.25) is 0 Å². The fourth-order valence-electron chi connectivity index (χ4n) is 6.12. The van der Waals surface area contributed by atoms with Gasteiger partial charge < -0.3 is 9.64 Å². The summed E-state index contributed by atoms with van der Waals surface area (Å²) < 4.78 is 6.48. The lowest BCUT2D eigenvalue weighted by molar-refractivity contribution is -0.0850. The number of allylic oxidation sites excluding steroid dienone is 2. The Morgan fingerprint density at radius 1 is 1.19 bits per heavy atom. The largest absolute Gasteiger partial charge is 0.492 e. The van der Waals surface area contributed by atoms with Crippen LogP contribution < -0.4 is 0 Å². The Balaban J connectivity index is 1.52. The summed E-state index contributed by atoms with van der Waals surface area (Å²) in [7, 11) is 1.81.